The first kappa shape index (κ1) is 11.7. The molecule has 0 radical (unpaired) electrons. The lowest BCUT2D eigenvalue weighted by molar-refractivity contribution is 0.311. The van der Waals surface area contributed by atoms with E-state index in [1.165, 1.54) is 5.56 Å². The van der Waals surface area contributed by atoms with Crippen molar-refractivity contribution in [2.24, 2.45) is 0 Å². The number of aromatic amines is 1. The van der Waals surface area contributed by atoms with Gasteiger partial charge in [-0.05, 0) is 7.05 Å². The Hall–Kier alpha value is -1.40. The molecule has 1 saturated heterocycles. The molecule has 2 aliphatic rings. The Morgan fingerprint density at radius 1 is 1.22 bits per heavy atom. The number of piperazine rings is 1. The summed E-state index contributed by atoms with van der Waals surface area (Å²) in [5.41, 5.74) is 2.01. The van der Waals surface area contributed by atoms with E-state index in [1.54, 1.807) is 0 Å². The van der Waals surface area contributed by atoms with E-state index in [2.05, 4.69) is 32.1 Å². The molecule has 2 aliphatic heterocycles. The Morgan fingerprint density at radius 3 is 2.78 bits per heavy atom. The van der Waals surface area contributed by atoms with Gasteiger partial charge in [-0.15, -0.1) is 0 Å². The number of likely N-dealkylation sites (N-methyl/N-ethyl adjacent to an activating group) is 1. The number of rotatable bonds is 1. The van der Waals surface area contributed by atoms with Gasteiger partial charge >= 0.3 is 5.69 Å². The van der Waals surface area contributed by atoms with Crippen LogP contribution in [0.5, 0.6) is 0 Å². The summed E-state index contributed by atoms with van der Waals surface area (Å²) in [6.45, 7) is 5.67. The quantitative estimate of drug-likeness (QED) is 0.680. The smallest absolute Gasteiger partial charge is 0.347 e. The SMILES string of the molecule is CN1CCN(c2nc(=O)[nH]c3c2CNCC3)CC1. The predicted octanol–water partition coefficient (Wildman–Crippen LogP) is -0.833. The lowest BCUT2D eigenvalue weighted by atomic mass is 10.1. The molecule has 3 rings (SSSR count). The van der Waals surface area contributed by atoms with E-state index in [9.17, 15) is 4.79 Å². The summed E-state index contributed by atoms with van der Waals surface area (Å²) < 4.78 is 0. The van der Waals surface area contributed by atoms with Crippen molar-refractivity contribution in [3.8, 4) is 0 Å². The van der Waals surface area contributed by atoms with Gasteiger partial charge in [0.25, 0.3) is 0 Å². The van der Waals surface area contributed by atoms with Gasteiger partial charge in [0.2, 0.25) is 0 Å². The van der Waals surface area contributed by atoms with E-state index in [-0.39, 0.29) is 5.69 Å². The molecule has 98 valence electrons. The van der Waals surface area contributed by atoms with Crippen molar-refractivity contribution in [1.82, 2.24) is 20.2 Å². The van der Waals surface area contributed by atoms with Crippen molar-refractivity contribution in [3.63, 3.8) is 0 Å². The number of nitrogens with one attached hydrogen (secondary N) is 2. The Kier molecular flexibility index (Phi) is 3.05. The third kappa shape index (κ3) is 2.13. The third-order valence-corrected chi connectivity index (χ3v) is 3.76. The van der Waals surface area contributed by atoms with Crippen LogP contribution in [0.1, 0.15) is 11.3 Å². The maximum atomic E-state index is 11.6. The number of H-pyrrole nitrogens is 1. The number of fused-ring (bicyclic) bond motifs is 1. The molecule has 0 bridgehead atoms. The topological polar surface area (TPSA) is 64.3 Å². The predicted molar refractivity (Wildman–Crippen MR) is 70.0 cm³/mol. The standard InChI is InChI=1S/C12H19N5O/c1-16-4-6-17(7-5-16)11-9-8-13-3-2-10(9)14-12(18)15-11/h13H,2-8H2,1H3,(H,14,15,18). The molecule has 0 aromatic carbocycles. The van der Waals surface area contributed by atoms with Crippen molar-refractivity contribution >= 4 is 5.82 Å². The molecule has 18 heavy (non-hydrogen) atoms. The molecule has 6 heteroatoms. The van der Waals surface area contributed by atoms with Crippen molar-refractivity contribution in [2.75, 3.05) is 44.7 Å². The number of hydrogen-bond acceptors (Lipinski definition) is 5. The molecule has 3 heterocycles. The van der Waals surface area contributed by atoms with Gasteiger partial charge < -0.3 is 20.1 Å². The first-order chi connectivity index (χ1) is 8.74. The summed E-state index contributed by atoms with van der Waals surface area (Å²) in [7, 11) is 2.12. The Labute approximate surface area is 106 Å². The fourth-order valence-electron chi connectivity index (χ4n) is 2.64. The minimum Gasteiger partial charge on any atom is -0.354 e. The van der Waals surface area contributed by atoms with Crippen LogP contribution in [0.3, 0.4) is 0 Å². The molecule has 1 fully saturated rings. The number of aromatic nitrogens is 2. The third-order valence-electron chi connectivity index (χ3n) is 3.76. The largest absolute Gasteiger partial charge is 0.354 e. The summed E-state index contributed by atoms with van der Waals surface area (Å²) in [4.78, 5) is 23.2. The molecular formula is C12H19N5O. The lowest BCUT2D eigenvalue weighted by Crippen LogP contribution is -2.46. The molecular weight excluding hydrogens is 230 g/mol. The second kappa shape index (κ2) is 4.70. The monoisotopic (exact) mass is 249 g/mol. The van der Waals surface area contributed by atoms with Gasteiger partial charge in [-0.25, -0.2) is 4.79 Å². The van der Waals surface area contributed by atoms with Crippen molar-refractivity contribution in [2.45, 2.75) is 13.0 Å². The summed E-state index contributed by atoms with van der Waals surface area (Å²) in [5.74, 6) is 0.883. The van der Waals surface area contributed by atoms with Crippen LogP contribution in [0.15, 0.2) is 4.79 Å². The van der Waals surface area contributed by atoms with Crippen LogP contribution >= 0.6 is 0 Å². The van der Waals surface area contributed by atoms with Gasteiger partial charge in [0, 0.05) is 56.9 Å². The normalized spacial score (nSPS) is 20.8. The summed E-state index contributed by atoms with van der Waals surface area (Å²) >= 11 is 0. The maximum Gasteiger partial charge on any atom is 0.347 e. The average Bonchev–Trinajstić information content (AvgIpc) is 2.38. The second-order valence-corrected chi connectivity index (χ2v) is 5.04. The van der Waals surface area contributed by atoms with Gasteiger partial charge in [-0.3, -0.25) is 0 Å². The van der Waals surface area contributed by atoms with Crippen molar-refractivity contribution in [1.29, 1.82) is 0 Å². The van der Waals surface area contributed by atoms with E-state index >= 15 is 0 Å². The van der Waals surface area contributed by atoms with Crippen LogP contribution in [0.25, 0.3) is 0 Å². The van der Waals surface area contributed by atoms with Crippen LogP contribution in [-0.4, -0.2) is 54.6 Å². The fourth-order valence-corrected chi connectivity index (χ4v) is 2.64. The van der Waals surface area contributed by atoms with Gasteiger partial charge in [0.15, 0.2) is 0 Å². The van der Waals surface area contributed by atoms with Gasteiger partial charge in [-0.2, -0.15) is 4.98 Å². The molecule has 1 aromatic heterocycles. The van der Waals surface area contributed by atoms with Crippen LogP contribution in [0.2, 0.25) is 0 Å². The van der Waals surface area contributed by atoms with E-state index in [0.29, 0.717) is 0 Å². The zero-order valence-electron chi connectivity index (χ0n) is 10.7. The molecule has 0 atom stereocenters. The number of nitrogens with zero attached hydrogens (tertiary/aromatic N) is 3. The zero-order valence-corrected chi connectivity index (χ0v) is 10.7. The number of hydrogen-bond donors (Lipinski definition) is 2. The molecule has 0 aliphatic carbocycles. The molecule has 6 nitrogen and oxygen atoms in total. The first-order valence-corrected chi connectivity index (χ1v) is 6.50. The molecule has 0 spiro atoms. The zero-order chi connectivity index (χ0) is 12.5. The van der Waals surface area contributed by atoms with Gasteiger partial charge in [0.05, 0.1) is 0 Å². The first-order valence-electron chi connectivity index (χ1n) is 6.50. The highest BCUT2D eigenvalue weighted by Crippen LogP contribution is 2.22. The molecule has 0 amide bonds. The summed E-state index contributed by atoms with van der Waals surface area (Å²) in [6.07, 6.45) is 0.883. The van der Waals surface area contributed by atoms with Gasteiger partial charge in [-0.1, -0.05) is 0 Å². The fraction of sp³-hybridized carbons (Fsp3) is 0.667. The lowest BCUT2D eigenvalue weighted by Gasteiger charge is -2.35. The molecule has 0 saturated carbocycles. The Balaban J connectivity index is 1.95. The van der Waals surface area contributed by atoms with E-state index in [1.807, 2.05) is 0 Å². The van der Waals surface area contributed by atoms with Crippen molar-refractivity contribution in [3.05, 3.63) is 21.7 Å². The minimum absolute atomic E-state index is 0.218. The Bertz CT molecular complexity index is 490. The van der Waals surface area contributed by atoms with E-state index in [4.69, 9.17) is 0 Å². The minimum atomic E-state index is -0.218. The molecule has 0 unspecified atom stereocenters. The number of anilines is 1. The molecule has 1 aromatic rings. The highest BCUT2D eigenvalue weighted by atomic mass is 16.1. The van der Waals surface area contributed by atoms with Crippen molar-refractivity contribution < 1.29 is 0 Å². The van der Waals surface area contributed by atoms with E-state index in [0.717, 1.165) is 57.2 Å². The average molecular weight is 249 g/mol. The summed E-state index contributed by atoms with van der Waals surface area (Å²) in [5, 5.41) is 3.35. The van der Waals surface area contributed by atoms with Gasteiger partial charge in [0.1, 0.15) is 5.82 Å². The van der Waals surface area contributed by atoms with Crippen LogP contribution < -0.4 is 15.9 Å². The van der Waals surface area contributed by atoms with Crippen LogP contribution in [0, 0.1) is 0 Å². The summed E-state index contributed by atoms with van der Waals surface area (Å²) in [6, 6.07) is 0. The highest BCUT2D eigenvalue weighted by Gasteiger charge is 2.22. The second-order valence-electron chi connectivity index (χ2n) is 5.04. The molecule has 2 N–H and O–H groups in total. The Morgan fingerprint density at radius 2 is 2.00 bits per heavy atom. The van der Waals surface area contributed by atoms with Crippen LogP contribution in [0.4, 0.5) is 5.82 Å². The maximum absolute atomic E-state index is 11.6. The highest BCUT2D eigenvalue weighted by molar-refractivity contribution is 5.49. The van der Waals surface area contributed by atoms with E-state index < -0.39 is 0 Å². The van der Waals surface area contributed by atoms with Crippen LogP contribution in [-0.2, 0) is 13.0 Å².